The van der Waals surface area contributed by atoms with Crippen molar-refractivity contribution < 1.29 is 0 Å². The van der Waals surface area contributed by atoms with Crippen LogP contribution in [0, 0.1) is 0 Å². The van der Waals surface area contributed by atoms with E-state index in [-0.39, 0.29) is 0 Å². The molecule has 1 unspecified atom stereocenters. The highest BCUT2D eigenvalue weighted by atomic mass is 28.3. The fourth-order valence-electron chi connectivity index (χ4n) is 4.22. The lowest BCUT2D eigenvalue weighted by Gasteiger charge is -2.50. The Morgan fingerprint density at radius 3 is 1.89 bits per heavy atom. The molecule has 2 heterocycles. The molecule has 0 N–H and O–H groups in total. The number of allylic oxidation sites excluding steroid dienone is 1. The normalized spacial score (nSPS) is 23.9. The molecule has 2 aliphatic heterocycles. The van der Waals surface area contributed by atoms with Crippen LogP contribution in [0.25, 0.3) is 0 Å². The van der Waals surface area contributed by atoms with Gasteiger partial charge in [0, 0.05) is 0 Å². The molecular weight excluding hydrogens is 248 g/mol. The van der Waals surface area contributed by atoms with Crippen molar-refractivity contribution in [1.29, 1.82) is 0 Å². The molecule has 2 nitrogen and oxygen atoms in total. The summed E-state index contributed by atoms with van der Waals surface area (Å²) in [5.41, 5.74) is 0. The van der Waals surface area contributed by atoms with Gasteiger partial charge in [0.05, 0.1) is 14.1 Å². The van der Waals surface area contributed by atoms with Crippen LogP contribution in [0.15, 0.2) is 12.7 Å². The number of likely N-dealkylation sites (tertiary alicyclic amines) is 2. The number of hydrogen-bond donors (Lipinski definition) is 0. The average molecular weight is 281 g/mol. The molecule has 19 heavy (non-hydrogen) atoms. The van der Waals surface area contributed by atoms with Crippen molar-refractivity contribution in [2.75, 3.05) is 26.2 Å². The van der Waals surface area contributed by atoms with Gasteiger partial charge in [-0.2, -0.15) is 0 Å². The molecule has 0 spiro atoms. The third-order valence-electron chi connectivity index (χ3n) is 5.35. The minimum absolute atomic E-state index is 0.414. The zero-order valence-corrected chi connectivity index (χ0v) is 14.2. The van der Waals surface area contributed by atoms with Gasteiger partial charge in [0.2, 0.25) is 0 Å². The largest absolute Gasteiger partial charge is 0.289 e. The summed E-state index contributed by atoms with van der Waals surface area (Å²) in [7, 11) is -0.836. The zero-order chi connectivity index (χ0) is 13.7. The van der Waals surface area contributed by atoms with Crippen LogP contribution in [-0.4, -0.2) is 50.1 Å². The molecule has 2 aliphatic rings. The van der Waals surface area contributed by atoms with E-state index in [2.05, 4.69) is 36.3 Å². The molecule has 2 saturated heterocycles. The van der Waals surface area contributed by atoms with Crippen LogP contribution in [0.4, 0.5) is 0 Å². The number of nitrogens with zero attached hydrogens (tertiary/aromatic N) is 2. The summed E-state index contributed by atoms with van der Waals surface area (Å²) in [6, 6.07) is 2.77. The van der Waals surface area contributed by atoms with E-state index in [9.17, 15) is 0 Å². The molecule has 0 aliphatic carbocycles. The van der Waals surface area contributed by atoms with Crippen molar-refractivity contribution in [2.24, 2.45) is 0 Å². The maximum atomic E-state index is 4.05. The molecule has 0 aromatic carbocycles. The summed E-state index contributed by atoms with van der Waals surface area (Å²) < 4.78 is 0. The van der Waals surface area contributed by atoms with Crippen LogP contribution >= 0.6 is 0 Å². The third-order valence-corrected chi connectivity index (χ3v) is 9.81. The molecule has 0 aromatic rings. The summed E-state index contributed by atoms with van der Waals surface area (Å²) in [6.45, 7) is 14.3. The van der Waals surface area contributed by atoms with E-state index < -0.39 is 8.80 Å². The van der Waals surface area contributed by atoms with Gasteiger partial charge in [-0.1, -0.05) is 25.5 Å². The second kappa shape index (κ2) is 7.05. The van der Waals surface area contributed by atoms with Gasteiger partial charge in [-0.15, -0.1) is 6.58 Å². The highest BCUT2D eigenvalue weighted by Crippen LogP contribution is 2.34. The molecule has 0 amide bonds. The van der Waals surface area contributed by atoms with Crippen LogP contribution in [0.1, 0.15) is 46.0 Å². The summed E-state index contributed by atoms with van der Waals surface area (Å²) >= 11 is 0. The van der Waals surface area contributed by atoms with Gasteiger partial charge in [0.15, 0.2) is 0 Å². The molecule has 0 radical (unpaired) electrons. The molecule has 2 fully saturated rings. The van der Waals surface area contributed by atoms with Gasteiger partial charge >= 0.3 is 0 Å². The summed E-state index contributed by atoms with van der Waals surface area (Å²) in [6.07, 6.45) is 9.18. The summed E-state index contributed by atoms with van der Waals surface area (Å²) in [4.78, 5) is 5.68. The van der Waals surface area contributed by atoms with Crippen LogP contribution in [0.3, 0.4) is 0 Å². The maximum Gasteiger partial charge on any atom is 0.0826 e. The van der Waals surface area contributed by atoms with Crippen molar-refractivity contribution >= 4 is 8.80 Å². The monoisotopic (exact) mass is 280 g/mol. The fraction of sp³-hybridized carbons (Fsp3) is 0.875. The quantitative estimate of drug-likeness (QED) is 0.522. The van der Waals surface area contributed by atoms with Gasteiger partial charge in [-0.05, 0) is 64.8 Å². The number of hydrogen-bond acceptors (Lipinski definition) is 2. The first-order valence-corrected chi connectivity index (χ1v) is 10.6. The van der Waals surface area contributed by atoms with Gasteiger partial charge in [0.1, 0.15) is 0 Å². The Hall–Kier alpha value is -0.123. The van der Waals surface area contributed by atoms with Crippen LogP contribution in [-0.2, 0) is 0 Å². The van der Waals surface area contributed by atoms with Gasteiger partial charge in [0.25, 0.3) is 0 Å². The van der Waals surface area contributed by atoms with Crippen molar-refractivity contribution in [3.05, 3.63) is 12.7 Å². The highest BCUT2D eigenvalue weighted by molar-refractivity contribution is 6.62. The Bertz CT molecular complexity index is 264. The zero-order valence-electron chi connectivity index (χ0n) is 13.0. The second-order valence-corrected chi connectivity index (χ2v) is 10.0. The van der Waals surface area contributed by atoms with Gasteiger partial charge in [-0.3, -0.25) is 9.80 Å². The van der Waals surface area contributed by atoms with Gasteiger partial charge < -0.3 is 0 Å². The first-order valence-electron chi connectivity index (χ1n) is 8.34. The summed E-state index contributed by atoms with van der Waals surface area (Å²) in [5.74, 6) is 0. The Morgan fingerprint density at radius 2 is 1.53 bits per heavy atom. The smallest absolute Gasteiger partial charge is 0.0826 e. The lowest BCUT2D eigenvalue weighted by atomic mass is 10.4. The van der Waals surface area contributed by atoms with Crippen LogP contribution < -0.4 is 0 Å². The predicted molar refractivity (Wildman–Crippen MR) is 87.3 cm³/mol. The van der Waals surface area contributed by atoms with Crippen LogP contribution in [0.5, 0.6) is 0 Å². The Labute approximate surface area is 121 Å². The maximum absolute atomic E-state index is 4.05. The third kappa shape index (κ3) is 3.14. The minimum Gasteiger partial charge on any atom is -0.289 e. The molecular formula is C16H32N2Si. The molecule has 110 valence electrons. The number of rotatable bonds is 7. The van der Waals surface area contributed by atoms with E-state index in [0.29, 0.717) is 5.29 Å². The SMILES string of the molecule is C=CC[SiH](CCC)C(C)(N1CCCC1)N1CCCC1. The van der Waals surface area contributed by atoms with E-state index in [1.165, 1.54) is 70.4 Å². The molecule has 2 rings (SSSR count). The second-order valence-electron chi connectivity index (χ2n) is 6.49. The topological polar surface area (TPSA) is 6.48 Å². The first-order chi connectivity index (χ1) is 9.23. The van der Waals surface area contributed by atoms with E-state index in [4.69, 9.17) is 0 Å². The first kappa shape index (κ1) is 15.3. The van der Waals surface area contributed by atoms with Crippen molar-refractivity contribution in [3.63, 3.8) is 0 Å². The molecule has 0 aromatic heterocycles. The van der Waals surface area contributed by atoms with Crippen LogP contribution in [0.2, 0.25) is 12.1 Å². The Balaban J connectivity index is 2.21. The van der Waals surface area contributed by atoms with E-state index in [0.717, 1.165) is 0 Å². The lowest BCUT2D eigenvalue weighted by molar-refractivity contribution is 0.0472. The standard InChI is InChI=1S/C16H32N2Si/c1-4-14-19(15-5-2)16(3,17-10-6-7-11-17)18-12-8-9-13-18/h4,19H,1,5-15H2,2-3H3. The average Bonchev–Trinajstić information content (AvgIpc) is 3.10. The molecule has 0 bridgehead atoms. The van der Waals surface area contributed by atoms with E-state index >= 15 is 0 Å². The molecule has 0 saturated carbocycles. The van der Waals surface area contributed by atoms with Crippen molar-refractivity contribution in [3.8, 4) is 0 Å². The minimum atomic E-state index is -0.836. The van der Waals surface area contributed by atoms with Crippen molar-refractivity contribution in [1.82, 2.24) is 9.80 Å². The molecule has 3 heteroatoms. The van der Waals surface area contributed by atoms with Gasteiger partial charge in [-0.25, -0.2) is 0 Å². The molecule has 1 atom stereocenters. The fourth-order valence-corrected chi connectivity index (χ4v) is 8.10. The van der Waals surface area contributed by atoms with E-state index in [1.54, 1.807) is 0 Å². The predicted octanol–water partition coefficient (Wildman–Crippen LogP) is 3.26. The summed E-state index contributed by atoms with van der Waals surface area (Å²) in [5, 5.41) is 0.414. The highest BCUT2D eigenvalue weighted by Gasteiger charge is 2.45. The van der Waals surface area contributed by atoms with E-state index in [1.807, 2.05) is 0 Å². The Morgan fingerprint density at radius 1 is 1.05 bits per heavy atom. The van der Waals surface area contributed by atoms with Crippen molar-refractivity contribution in [2.45, 2.75) is 63.3 Å². The lowest BCUT2D eigenvalue weighted by Crippen LogP contribution is -2.65. The Kier molecular flexibility index (Phi) is 5.66.